The van der Waals surface area contributed by atoms with Crippen molar-refractivity contribution in [3.05, 3.63) is 30.4 Å². The molecule has 0 amide bonds. The topological polar surface area (TPSA) is 107 Å². The van der Waals surface area contributed by atoms with Crippen LogP contribution < -0.4 is 11.1 Å². The van der Waals surface area contributed by atoms with Crippen molar-refractivity contribution in [3.63, 3.8) is 0 Å². The Morgan fingerprint density at radius 3 is 2.79 bits per heavy atom. The molecule has 3 N–H and O–H groups in total. The van der Waals surface area contributed by atoms with Crippen LogP contribution in [0.25, 0.3) is 11.0 Å². The largest absolute Gasteiger partial charge is 0.465 e. The summed E-state index contributed by atoms with van der Waals surface area (Å²) in [5.74, 6) is 2.51. The van der Waals surface area contributed by atoms with Crippen LogP contribution in [-0.4, -0.2) is 39.9 Å². The quantitative estimate of drug-likeness (QED) is 0.461. The van der Waals surface area contributed by atoms with E-state index >= 15 is 0 Å². The van der Waals surface area contributed by atoms with Crippen LogP contribution in [0.5, 0.6) is 0 Å². The number of rotatable bonds is 8. The molecule has 2 aromatic rings. The molecule has 2 atom stereocenters. The van der Waals surface area contributed by atoms with Gasteiger partial charge in [0.05, 0.1) is 12.3 Å². The minimum atomic E-state index is -0.378. The Balaban J connectivity index is 1.50. The Hall–Kier alpha value is -2.90. The third kappa shape index (κ3) is 5.54. The summed E-state index contributed by atoms with van der Waals surface area (Å²) in [5, 5.41) is 4.13. The molecule has 2 fully saturated rings. The summed E-state index contributed by atoms with van der Waals surface area (Å²) in [4.78, 5) is 24.8. The molecule has 2 saturated carbocycles. The molecule has 8 heteroatoms. The van der Waals surface area contributed by atoms with Crippen molar-refractivity contribution in [2.75, 3.05) is 18.5 Å². The summed E-state index contributed by atoms with van der Waals surface area (Å²) in [6.07, 6.45) is 13.5. The highest BCUT2D eigenvalue weighted by molar-refractivity contribution is 5.85. The predicted molar refractivity (Wildman–Crippen MR) is 131 cm³/mol. The molecular weight excluding hydrogens is 416 g/mol. The molecule has 0 spiro atoms. The van der Waals surface area contributed by atoms with Gasteiger partial charge in [-0.25, -0.2) is 4.98 Å². The Morgan fingerprint density at radius 2 is 2.09 bits per heavy atom. The lowest BCUT2D eigenvalue weighted by molar-refractivity contribution is -0.141. The average Bonchev–Trinajstić information content (AvgIpc) is 3.13. The lowest BCUT2D eigenvalue weighted by Gasteiger charge is -2.50. The first-order valence-corrected chi connectivity index (χ1v) is 12.1. The van der Waals surface area contributed by atoms with E-state index in [1.165, 1.54) is 44.5 Å². The highest BCUT2D eigenvalue weighted by atomic mass is 16.5. The molecule has 178 valence electrons. The van der Waals surface area contributed by atoms with Crippen molar-refractivity contribution in [3.8, 4) is 0 Å². The monoisotopic (exact) mass is 452 g/mol. The number of nitrogens with one attached hydrogen (secondary N) is 1. The summed E-state index contributed by atoms with van der Waals surface area (Å²) in [6, 6.07) is 2.09. The molecule has 8 nitrogen and oxygen atoms in total. The minimum absolute atomic E-state index is 0.0600. The van der Waals surface area contributed by atoms with Gasteiger partial charge in [0.15, 0.2) is 0 Å². The van der Waals surface area contributed by atoms with Gasteiger partial charge in [0, 0.05) is 36.7 Å². The third-order valence-electron chi connectivity index (χ3n) is 6.96. The third-order valence-corrected chi connectivity index (χ3v) is 6.96. The van der Waals surface area contributed by atoms with Gasteiger partial charge in [-0.1, -0.05) is 13.8 Å². The van der Waals surface area contributed by atoms with Crippen molar-refractivity contribution in [1.82, 2.24) is 14.5 Å². The van der Waals surface area contributed by atoms with Crippen molar-refractivity contribution < 1.29 is 9.53 Å². The SMILES string of the molecule is CCOC(=O)CN=C/C(=C\N)Nc1ncc2ccn(CC34CC(C)CC(CC(C)C3)C4)c2n1. The van der Waals surface area contributed by atoms with E-state index in [1.54, 1.807) is 6.92 Å². The van der Waals surface area contributed by atoms with Crippen LogP contribution in [-0.2, 0) is 16.1 Å². The number of nitrogens with zero attached hydrogens (tertiary/aromatic N) is 4. The molecule has 0 radical (unpaired) electrons. The van der Waals surface area contributed by atoms with Crippen LogP contribution in [0.2, 0.25) is 0 Å². The van der Waals surface area contributed by atoms with E-state index in [1.807, 2.05) is 6.20 Å². The van der Waals surface area contributed by atoms with Crippen LogP contribution in [0.15, 0.2) is 35.3 Å². The normalized spacial score (nSPS) is 27.7. The molecule has 33 heavy (non-hydrogen) atoms. The first kappa shape index (κ1) is 23.3. The lowest BCUT2D eigenvalue weighted by atomic mass is 9.57. The molecule has 0 saturated heterocycles. The second kappa shape index (κ2) is 9.93. The van der Waals surface area contributed by atoms with Crippen molar-refractivity contribution in [2.45, 2.75) is 59.4 Å². The lowest BCUT2D eigenvalue weighted by Crippen LogP contribution is -2.41. The molecule has 2 aliphatic carbocycles. The summed E-state index contributed by atoms with van der Waals surface area (Å²) < 4.78 is 7.18. The number of hydrogen-bond donors (Lipinski definition) is 2. The second-order valence-corrected chi connectivity index (χ2v) is 10.1. The predicted octanol–water partition coefficient (Wildman–Crippen LogP) is 4.13. The van der Waals surface area contributed by atoms with Gasteiger partial charge in [0.2, 0.25) is 5.95 Å². The highest BCUT2D eigenvalue weighted by Crippen LogP contribution is 2.53. The molecule has 0 aromatic carbocycles. The van der Waals surface area contributed by atoms with Gasteiger partial charge >= 0.3 is 5.97 Å². The molecule has 2 aliphatic rings. The van der Waals surface area contributed by atoms with E-state index in [9.17, 15) is 4.79 Å². The molecule has 2 aromatic heterocycles. The zero-order chi connectivity index (χ0) is 23.4. The number of aromatic nitrogens is 3. The standard InChI is InChI=1S/C25H36N6O2/c1-4-33-22(32)15-27-14-21(12-26)29-24-28-13-20-5-6-31(23(20)30-24)16-25-9-17(2)7-19(11-25)8-18(3)10-25/h5-6,12-14,17-19H,4,7-11,15-16,26H2,1-3H3,(H,28,29,30)/b21-12+,27-14?. The molecule has 2 unspecified atom stereocenters. The number of aliphatic imine (C=N–C) groups is 1. The number of allylic oxidation sites excluding steroid dienone is 1. The number of esters is 1. The van der Waals surface area contributed by atoms with Crippen LogP contribution in [0.1, 0.15) is 52.9 Å². The highest BCUT2D eigenvalue weighted by Gasteiger charge is 2.44. The van der Waals surface area contributed by atoms with Crippen LogP contribution in [0.4, 0.5) is 5.95 Å². The average molecular weight is 453 g/mol. The van der Waals surface area contributed by atoms with Gasteiger partial charge in [0.25, 0.3) is 0 Å². The van der Waals surface area contributed by atoms with E-state index in [0.29, 0.717) is 23.7 Å². The maximum absolute atomic E-state index is 11.5. The van der Waals surface area contributed by atoms with Gasteiger partial charge in [-0.3, -0.25) is 9.79 Å². The molecule has 2 heterocycles. The van der Waals surface area contributed by atoms with E-state index in [-0.39, 0.29) is 12.5 Å². The van der Waals surface area contributed by atoms with Crippen molar-refractivity contribution in [1.29, 1.82) is 0 Å². The maximum atomic E-state index is 11.5. The zero-order valence-corrected chi connectivity index (χ0v) is 20.0. The minimum Gasteiger partial charge on any atom is -0.465 e. The smallest absolute Gasteiger partial charge is 0.327 e. The number of hydrogen-bond acceptors (Lipinski definition) is 7. The van der Waals surface area contributed by atoms with Crippen LogP contribution >= 0.6 is 0 Å². The van der Waals surface area contributed by atoms with E-state index < -0.39 is 0 Å². The molecule has 0 aliphatic heterocycles. The van der Waals surface area contributed by atoms with Gasteiger partial charge in [-0.05, 0) is 68.3 Å². The summed E-state index contributed by atoms with van der Waals surface area (Å²) in [6.45, 7) is 7.87. The second-order valence-electron chi connectivity index (χ2n) is 10.1. The number of nitrogens with two attached hydrogens (primary N) is 1. The fourth-order valence-electron chi connectivity index (χ4n) is 6.29. The number of anilines is 1. The Labute approximate surface area is 195 Å². The molecular formula is C25H36N6O2. The van der Waals surface area contributed by atoms with Crippen molar-refractivity contribution >= 4 is 29.2 Å². The number of fused-ring (bicyclic) bond motifs is 3. The molecule has 4 rings (SSSR count). The van der Waals surface area contributed by atoms with Gasteiger partial charge < -0.3 is 20.4 Å². The van der Waals surface area contributed by atoms with E-state index in [4.69, 9.17) is 15.5 Å². The van der Waals surface area contributed by atoms with Gasteiger partial charge in [-0.2, -0.15) is 4.98 Å². The Morgan fingerprint density at radius 1 is 1.33 bits per heavy atom. The fourth-order valence-corrected chi connectivity index (χ4v) is 6.29. The fraction of sp³-hybridized carbons (Fsp3) is 0.600. The summed E-state index contributed by atoms with van der Waals surface area (Å²) >= 11 is 0. The van der Waals surface area contributed by atoms with E-state index in [0.717, 1.165) is 35.3 Å². The van der Waals surface area contributed by atoms with Crippen LogP contribution in [0.3, 0.4) is 0 Å². The maximum Gasteiger partial charge on any atom is 0.327 e. The van der Waals surface area contributed by atoms with Gasteiger partial charge in [0.1, 0.15) is 12.2 Å². The molecule has 2 bridgehead atoms. The van der Waals surface area contributed by atoms with Crippen molar-refractivity contribution in [2.24, 2.45) is 33.9 Å². The first-order chi connectivity index (χ1) is 15.9. The number of carbonyl (C=O) groups excluding carboxylic acids is 1. The number of ether oxygens (including phenoxy) is 1. The zero-order valence-electron chi connectivity index (χ0n) is 20.0. The summed E-state index contributed by atoms with van der Waals surface area (Å²) in [5.41, 5.74) is 7.52. The van der Waals surface area contributed by atoms with E-state index in [2.05, 4.69) is 46.0 Å². The Bertz CT molecular complexity index is 1020. The Kier molecular flexibility index (Phi) is 7.00. The first-order valence-electron chi connectivity index (χ1n) is 12.1. The number of carbonyl (C=O) groups is 1. The summed E-state index contributed by atoms with van der Waals surface area (Å²) in [7, 11) is 0. The van der Waals surface area contributed by atoms with Gasteiger partial charge in [-0.15, -0.1) is 0 Å². The van der Waals surface area contributed by atoms with Crippen LogP contribution in [0, 0.1) is 23.2 Å².